The molecule has 9 heavy (non-hydrogen) atoms. The molecule has 0 saturated heterocycles. The SMILES string of the molecule is CC(C)ON=C(N)CN. The van der Waals surface area contributed by atoms with Crippen LogP contribution in [0, 0.1) is 0 Å². The zero-order chi connectivity index (χ0) is 7.28. The first-order chi connectivity index (χ1) is 4.16. The number of hydrogen-bond donors (Lipinski definition) is 2. The molecule has 0 bridgehead atoms. The lowest BCUT2D eigenvalue weighted by molar-refractivity contribution is 0.0854. The van der Waals surface area contributed by atoms with Crippen LogP contribution in [0.3, 0.4) is 0 Å². The average Bonchev–Trinajstić information content (AvgIpc) is 1.83. The van der Waals surface area contributed by atoms with Crippen LogP contribution < -0.4 is 11.5 Å². The van der Waals surface area contributed by atoms with Crippen molar-refractivity contribution in [2.75, 3.05) is 6.54 Å². The summed E-state index contributed by atoms with van der Waals surface area (Å²) in [5.74, 6) is 0.323. The summed E-state index contributed by atoms with van der Waals surface area (Å²) in [7, 11) is 0. The van der Waals surface area contributed by atoms with Crippen molar-refractivity contribution in [1.29, 1.82) is 0 Å². The minimum Gasteiger partial charge on any atom is -0.392 e. The molecule has 4 N–H and O–H groups in total. The molecule has 0 fully saturated rings. The molecule has 0 rings (SSSR count). The maximum absolute atomic E-state index is 5.22. The minimum absolute atomic E-state index is 0.0649. The quantitative estimate of drug-likeness (QED) is 0.312. The van der Waals surface area contributed by atoms with Crippen molar-refractivity contribution in [3.05, 3.63) is 0 Å². The van der Waals surface area contributed by atoms with E-state index in [1.54, 1.807) is 0 Å². The smallest absolute Gasteiger partial charge is 0.153 e. The van der Waals surface area contributed by atoms with Crippen molar-refractivity contribution in [3.63, 3.8) is 0 Å². The molecule has 0 aromatic heterocycles. The van der Waals surface area contributed by atoms with Crippen molar-refractivity contribution in [2.45, 2.75) is 20.0 Å². The molecule has 4 nitrogen and oxygen atoms in total. The van der Waals surface area contributed by atoms with Gasteiger partial charge in [0.15, 0.2) is 5.84 Å². The number of nitrogens with zero attached hydrogens (tertiary/aromatic N) is 1. The Morgan fingerprint density at radius 2 is 2.22 bits per heavy atom. The van der Waals surface area contributed by atoms with Crippen LogP contribution in [0.25, 0.3) is 0 Å². The molecule has 0 aliphatic rings. The van der Waals surface area contributed by atoms with E-state index in [2.05, 4.69) is 5.16 Å². The van der Waals surface area contributed by atoms with Gasteiger partial charge in [-0.15, -0.1) is 0 Å². The molecule has 0 unspecified atom stereocenters. The van der Waals surface area contributed by atoms with E-state index in [0.717, 1.165) is 0 Å². The molecular weight excluding hydrogens is 118 g/mol. The van der Waals surface area contributed by atoms with Crippen LogP contribution in [0.1, 0.15) is 13.8 Å². The molecule has 4 heteroatoms. The third-order valence-corrected chi connectivity index (χ3v) is 0.590. The fraction of sp³-hybridized carbons (Fsp3) is 0.800. The van der Waals surface area contributed by atoms with E-state index in [4.69, 9.17) is 16.3 Å². The summed E-state index contributed by atoms with van der Waals surface area (Å²) in [6.07, 6.45) is 0.0649. The van der Waals surface area contributed by atoms with E-state index in [0.29, 0.717) is 5.84 Å². The van der Waals surface area contributed by atoms with Crippen molar-refractivity contribution in [2.24, 2.45) is 16.6 Å². The number of oxime groups is 1. The topological polar surface area (TPSA) is 73.6 Å². The molecule has 0 radical (unpaired) electrons. The molecule has 0 atom stereocenters. The first-order valence-corrected chi connectivity index (χ1v) is 2.85. The van der Waals surface area contributed by atoms with E-state index in [9.17, 15) is 0 Å². The number of rotatable bonds is 3. The summed E-state index contributed by atoms with van der Waals surface area (Å²) in [6, 6.07) is 0. The van der Waals surface area contributed by atoms with Crippen LogP contribution >= 0.6 is 0 Å². The van der Waals surface area contributed by atoms with Gasteiger partial charge in [-0.25, -0.2) is 0 Å². The second-order valence-corrected chi connectivity index (χ2v) is 1.94. The Labute approximate surface area is 54.8 Å². The van der Waals surface area contributed by atoms with Gasteiger partial charge in [0, 0.05) is 0 Å². The molecular formula is C5H13N3O. The minimum atomic E-state index is 0.0649. The van der Waals surface area contributed by atoms with Crippen LogP contribution in [0.2, 0.25) is 0 Å². The van der Waals surface area contributed by atoms with Gasteiger partial charge in [-0.05, 0) is 13.8 Å². The normalized spacial score (nSPS) is 12.2. The Balaban J connectivity index is 3.43. The fourth-order valence-electron chi connectivity index (χ4n) is 0.210. The molecule has 0 aliphatic heterocycles. The van der Waals surface area contributed by atoms with Gasteiger partial charge >= 0.3 is 0 Å². The Kier molecular flexibility index (Phi) is 3.79. The predicted molar refractivity (Wildman–Crippen MR) is 36.9 cm³/mol. The van der Waals surface area contributed by atoms with E-state index >= 15 is 0 Å². The zero-order valence-electron chi connectivity index (χ0n) is 5.79. The van der Waals surface area contributed by atoms with Gasteiger partial charge in [0.25, 0.3) is 0 Å². The summed E-state index contributed by atoms with van der Waals surface area (Å²) in [4.78, 5) is 4.78. The van der Waals surface area contributed by atoms with Crippen molar-refractivity contribution < 1.29 is 4.84 Å². The molecule has 0 saturated carbocycles. The first-order valence-electron chi connectivity index (χ1n) is 2.85. The highest BCUT2D eigenvalue weighted by molar-refractivity contribution is 5.81. The summed E-state index contributed by atoms with van der Waals surface area (Å²) >= 11 is 0. The standard InChI is InChI=1S/C5H13N3O/c1-4(2)9-8-5(7)3-6/h4H,3,6H2,1-2H3,(H2,7,8). The maximum Gasteiger partial charge on any atom is 0.153 e. The predicted octanol–water partition coefficient (Wildman–Crippen LogP) is -0.358. The molecule has 0 spiro atoms. The lowest BCUT2D eigenvalue weighted by atomic mass is 10.5. The zero-order valence-corrected chi connectivity index (χ0v) is 5.79. The van der Waals surface area contributed by atoms with Crippen LogP contribution in [-0.4, -0.2) is 18.5 Å². The van der Waals surface area contributed by atoms with Gasteiger partial charge in [-0.3, -0.25) is 0 Å². The molecule has 0 aromatic carbocycles. The lowest BCUT2D eigenvalue weighted by Crippen LogP contribution is -2.23. The Morgan fingerprint density at radius 3 is 2.56 bits per heavy atom. The van der Waals surface area contributed by atoms with Gasteiger partial charge in [0.2, 0.25) is 0 Å². The van der Waals surface area contributed by atoms with E-state index in [-0.39, 0.29) is 12.6 Å². The largest absolute Gasteiger partial charge is 0.392 e. The first kappa shape index (κ1) is 8.23. The van der Waals surface area contributed by atoms with Gasteiger partial charge in [0.05, 0.1) is 6.54 Å². The second-order valence-electron chi connectivity index (χ2n) is 1.94. The number of hydrogen-bond acceptors (Lipinski definition) is 3. The highest BCUT2D eigenvalue weighted by atomic mass is 16.6. The summed E-state index contributed by atoms with van der Waals surface area (Å²) < 4.78 is 0. The third-order valence-electron chi connectivity index (χ3n) is 0.590. The number of nitrogens with two attached hydrogens (primary N) is 2. The Hall–Kier alpha value is -0.770. The maximum atomic E-state index is 5.22. The molecule has 0 heterocycles. The Bertz CT molecular complexity index is 100. The highest BCUT2D eigenvalue weighted by Gasteiger charge is 1.90. The monoisotopic (exact) mass is 131 g/mol. The van der Waals surface area contributed by atoms with E-state index < -0.39 is 0 Å². The second kappa shape index (κ2) is 4.14. The van der Waals surface area contributed by atoms with Crippen LogP contribution in [0.5, 0.6) is 0 Å². The summed E-state index contributed by atoms with van der Waals surface area (Å²) in [5.41, 5.74) is 10.3. The van der Waals surface area contributed by atoms with E-state index in [1.807, 2.05) is 13.8 Å². The fourth-order valence-corrected chi connectivity index (χ4v) is 0.210. The third kappa shape index (κ3) is 5.10. The molecule has 0 aliphatic carbocycles. The average molecular weight is 131 g/mol. The van der Waals surface area contributed by atoms with Crippen molar-refractivity contribution in [1.82, 2.24) is 0 Å². The molecule has 54 valence electrons. The highest BCUT2D eigenvalue weighted by Crippen LogP contribution is 1.86. The summed E-state index contributed by atoms with van der Waals surface area (Å²) in [6.45, 7) is 3.98. The van der Waals surface area contributed by atoms with Gasteiger partial charge in [0.1, 0.15) is 6.10 Å². The lowest BCUT2D eigenvalue weighted by Gasteiger charge is -2.01. The Morgan fingerprint density at radius 1 is 1.67 bits per heavy atom. The van der Waals surface area contributed by atoms with Crippen molar-refractivity contribution >= 4 is 5.84 Å². The van der Waals surface area contributed by atoms with E-state index in [1.165, 1.54) is 0 Å². The molecule has 0 aromatic rings. The van der Waals surface area contributed by atoms with Crippen LogP contribution in [0.4, 0.5) is 0 Å². The van der Waals surface area contributed by atoms with Crippen molar-refractivity contribution in [3.8, 4) is 0 Å². The van der Waals surface area contributed by atoms with Gasteiger partial charge in [-0.1, -0.05) is 5.16 Å². The van der Waals surface area contributed by atoms with Crippen LogP contribution in [0.15, 0.2) is 5.16 Å². The van der Waals surface area contributed by atoms with Gasteiger partial charge < -0.3 is 16.3 Å². The number of amidine groups is 1. The van der Waals surface area contributed by atoms with Crippen LogP contribution in [-0.2, 0) is 4.84 Å². The van der Waals surface area contributed by atoms with Gasteiger partial charge in [-0.2, -0.15) is 0 Å². The molecule has 0 amide bonds. The summed E-state index contributed by atoms with van der Waals surface area (Å²) in [5, 5.41) is 3.51.